The highest BCUT2D eigenvalue weighted by Gasteiger charge is 2.10. The van der Waals surface area contributed by atoms with Crippen LogP contribution in [0.15, 0.2) is 15.5 Å². The summed E-state index contributed by atoms with van der Waals surface area (Å²) in [6, 6.07) is 0. The predicted octanol–water partition coefficient (Wildman–Crippen LogP) is 1.23. The molecule has 0 fully saturated rings. The molecule has 0 bridgehead atoms. The van der Waals surface area contributed by atoms with Crippen molar-refractivity contribution in [1.82, 2.24) is 9.78 Å². The van der Waals surface area contributed by atoms with Crippen molar-refractivity contribution in [1.29, 1.82) is 0 Å². The zero-order chi connectivity index (χ0) is 14.3. The van der Waals surface area contributed by atoms with E-state index in [1.165, 1.54) is 11.8 Å². The van der Waals surface area contributed by atoms with Gasteiger partial charge in [0.25, 0.3) is 5.56 Å². The zero-order valence-corrected chi connectivity index (χ0v) is 12.8. The number of unbranched alkanes of at least 4 members (excludes halogenated alkanes) is 1. The lowest BCUT2D eigenvalue weighted by molar-refractivity contribution is 0.0727. The van der Waals surface area contributed by atoms with Gasteiger partial charge in [-0.25, -0.2) is 4.68 Å². The fourth-order valence-electron chi connectivity index (χ4n) is 1.53. The van der Waals surface area contributed by atoms with Gasteiger partial charge >= 0.3 is 0 Å². The first-order valence-corrected chi connectivity index (χ1v) is 7.06. The van der Waals surface area contributed by atoms with Crippen LogP contribution in [0.25, 0.3) is 0 Å². The van der Waals surface area contributed by atoms with Crippen molar-refractivity contribution < 1.29 is 9.84 Å². The molecular formula is C12H20BrN3O3. The molecule has 0 saturated heterocycles. The number of anilines is 1. The molecule has 1 unspecified atom stereocenters. The lowest BCUT2D eigenvalue weighted by atomic mass is 10.3. The normalized spacial score (nSPS) is 12.4. The lowest BCUT2D eigenvalue weighted by Gasteiger charge is -2.13. The van der Waals surface area contributed by atoms with Crippen LogP contribution in [0.2, 0.25) is 0 Å². The molecule has 1 heterocycles. The first kappa shape index (κ1) is 16.1. The average molecular weight is 334 g/mol. The van der Waals surface area contributed by atoms with Crippen LogP contribution in [0.5, 0.6) is 0 Å². The average Bonchev–Trinajstić information content (AvgIpc) is 2.40. The van der Waals surface area contributed by atoms with Gasteiger partial charge in [0, 0.05) is 20.2 Å². The molecule has 0 radical (unpaired) electrons. The summed E-state index contributed by atoms with van der Waals surface area (Å²) in [5.41, 5.74) is 0.410. The molecule has 1 rings (SSSR count). The third-order valence-electron chi connectivity index (χ3n) is 2.60. The molecule has 0 spiro atoms. The van der Waals surface area contributed by atoms with Gasteiger partial charge in [-0.1, -0.05) is 13.3 Å². The summed E-state index contributed by atoms with van der Waals surface area (Å²) in [6.07, 6.45) is 2.88. The minimum absolute atomic E-state index is 0.167. The maximum Gasteiger partial charge on any atom is 0.283 e. The van der Waals surface area contributed by atoms with Gasteiger partial charge in [0.1, 0.15) is 4.47 Å². The van der Waals surface area contributed by atoms with E-state index in [2.05, 4.69) is 33.3 Å². The monoisotopic (exact) mass is 333 g/mol. The molecule has 0 aromatic carbocycles. The Hall–Kier alpha value is -0.920. The molecule has 0 aliphatic carbocycles. The lowest BCUT2D eigenvalue weighted by Crippen LogP contribution is -2.28. The van der Waals surface area contributed by atoms with E-state index in [-0.39, 0.29) is 12.2 Å². The Morgan fingerprint density at radius 1 is 1.63 bits per heavy atom. The molecule has 0 aliphatic rings. The van der Waals surface area contributed by atoms with E-state index >= 15 is 0 Å². The number of nitrogens with one attached hydrogen (secondary N) is 1. The number of hydrogen-bond donors (Lipinski definition) is 2. The van der Waals surface area contributed by atoms with Crippen LogP contribution in [-0.4, -0.2) is 41.3 Å². The Balaban J connectivity index is 2.71. The first-order valence-electron chi connectivity index (χ1n) is 6.26. The fourth-order valence-corrected chi connectivity index (χ4v) is 1.98. The van der Waals surface area contributed by atoms with E-state index in [0.717, 1.165) is 12.8 Å². The Kier molecular flexibility index (Phi) is 7.04. The summed E-state index contributed by atoms with van der Waals surface area (Å²) in [5.74, 6) is 0. The summed E-state index contributed by atoms with van der Waals surface area (Å²) < 4.78 is 6.69. The summed E-state index contributed by atoms with van der Waals surface area (Å²) in [5, 5.41) is 16.6. The van der Waals surface area contributed by atoms with Gasteiger partial charge < -0.3 is 15.2 Å². The second-order valence-electron chi connectivity index (χ2n) is 4.24. The number of aliphatic hydroxyl groups is 1. The second-order valence-corrected chi connectivity index (χ2v) is 5.04. The van der Waals surface area contributed by atoms with Crippen LogP contribution in [0, 0.1) is 0 Å². The van der Waals surface area contributed by atoms with Gasteiger partial charge in [-0.05, 0) is 22.4 Å². The molecule has 1 aromatic rings. The van der Waals surface area contributed by atoms with Crippen molar-refractivity contribution in [2.24, 2.45) is 0 Å². The van der Waals surface area contributed by atoms with Gasteiger partial charge in [-0.15, -0.1) is 0 Å². The van der Waals surface area contributed by atoms with E-state index in [0.29, 0.717) is 23.2 Å². The second kappa shape index (κ2) is 8.29. The summed E-state index contributed by atoms with van der Waals surface area (Å²) in [4.78, 5) is 12.0. The van der Waals surface area contributed by atoms with E-state index in [1.54, 1.807) is 6.20 Å². The van der Waals surface area contributed by atoms with E-state index in [4.69, 9.17) is 4.74 Å². The number of nitrogens with zero attached hydrogens (tertiary/aromatic N) is 2. The molecule has 7 heteroatoms. The van der Waals surface area contributed by atoms with Crippen LogP contribution in [-0.2, 0) is 11.3 Å². The maximum absolute atomic E-state index is 12.0. The van der Waals surface area contributed by atoms with Gasteiger partial charge in [-0.3, -0.25) is 4.79 Å². The third-order valence-corrected chi connectivity index (χ3v) is 3.36. The minimum Gasteiger partial charge on any atom is -0.389 e. The number of methoxy groups -OCH3 is 1. The number of aryl methyl sites for hydroxylation is 1. The largest absolute Gasteiger partial charge is 0.389 e. The minimum atomic E-state index is -0.626. The Morgan fingerprint density at radius 2 is 2.37 bits per heavy atom. The van der Waals surface area contributed by atoms with Crippen molar-refractivity contribution in [3.05, 3.63) is 21.0 Å². The van der Waals surface area contributed by atoms with Crippen LogP contribution in [0.3, 0.4) is 0 Å². The highest BCUT2D eigenvalue weighted by molar-refractivity contribution is 9.10. The number of hydrogen-bond acceptors (Lipinski definition) is 5. The summed E-state index contributed by atoms with van der Waals surface area (Å²) in [6.45, 7) is 3.21. The third kappa shape index (κ3) is 4.93. The molecule has 0 saturated carbocycles. The number of aromatic nitrogens is 2. The summed E-state index contributed by atoms with van der Waals surface area (Å²) >= 11 is 3.26. The summed E-state index contributed by atoms with van der Waals surface area (Å²) in [7, 11) is 1.52. The number of aliphatic hydroxyl groups excluding tert-OH is 1. The van der Waals surface area contributed by atoms with E-state index in [9.17, 15) is 9.90 Å². The highest BCUT2D eigenvalue weighted by atomic mass is 79.9. The molecule has 0 amide bonds. The molecule has 0 aliphatic heterocycles. The van der Waals surface area contributed by atoms with Crippen LogP contribution in [0.4, 0.5) is 5.69 Å². The highest BCUT2D eigenvalue weighted by Crippen LogP contribution is 2.16. The first-order chi connectivity index (χ1) is 9.10. The Morgan fingerprint density at radius 3 is 3.00 bits per heavy atom. The molecule has 1 atom stereocenters. The van der Waals surface area contributed by atoms with Crippen LogP contribution >= 0.6 is 15.9 Å². The van der Waals surface area contributed by atoms with Crippen molar-refractivity contribution >= 4 is 21.6 Å². The van der Waals surface area contributed by atoms with E-state index in [1.807, 2.05) is 0 Å². The molecule has 1 aromatic heterocycles. The van der Waals surface area contributed by atoms with Gasteiger partial charge in [0.05, 0.1) is 24.6 Å². The molecule has 19 heavy (non-hydrogen) atoms. The standard InChI is InChI=1S/C12H20BrN3O3/c1-3-4-5-16-12(18)11(13)10(7-15-16)14-6-9(17)8-19-2/h7,9,14,17H,3-6,8H2,1-2H3. The van der Waals surface area contributed by atoms with E-state index < -0.39 is 6.10 Å². The van der Waals surface area contributed by atoms with Crippen LogP contribution in [0.1, 0.15) is 19.8 Å². The Labute approximate surface area is 120 Å². The molecule has 2 N–H and O–H groups in total. The smallest absolute Gasteiger partial charge is 0.283 e. The molecule has 108 valence electrons. The molecular weight excluding hydrogens is 314 g/mol. The topological polar surface area (TPSA) is 76.4 Å². The van der Waals surface area contributed by atoms with Gasteiger partial charge in [-0.2, -0.15) is 5.10 Å². The molecule has 6 nitrogen and oxygen atoms in total. The quantitative estimate of drug-likeness (QED) is 0.748. The van der Waals surface area contributed by atoms with Gasteiger partial charge in [0.2, 0.25) is 0 Å². The van der Waals surface area contributed by atoms with Crippen LogP contribution < -0.4 is 10.9 Å². The number of rotatable bonds is 8. The predicted molar refractivity (Wildman–Crippen MR) is 77.5 cm³/mol. The zero-order valence-electron chi connectivity index (χ0n) is 11.2. The number of halogens is 1. The van der Waals surface area contributed by atoms with Crippen molar-refractivity contribution in [3.8, 4) is 0 Å². The Bertz CT molecular complexity index is 450. The fraction of sp³-hybridized carbons (Fsp3) is 0.667. The SMILES string of the molecule is CCCCn1ncc(NCC(O)COC)c(Br)c1=O. The van der Waals surface area contributed by atoms with Crippen molar-refractivity contribution in [2.75, 3.05) is 25.6 Å². The van der Waals surface area contributed by atoms with Gasteiger partial charge in [0.15, 0.2) is 0 Å². The van der Waals surface area contributed by atoms with Crippen molar-refractivity contribution in [2.45, 2.75) is 32.4 Å². The van der Waals surface area contributed by atoms with Crippen molar-refractivity contribution in [3.63, 3.8) is 0 Å². The number of ether oxygens (including phenoxy) is 1. The maximum atomic E-state index is 12.0.